The molecular weight excluding hydrogens is 304 g/mol. The van der Waals surface area contributed by atoms with Crippen molar-refractivity contribution in [2.75, 3.05) is 13.1 Å². The lowest BCUT2D eigenvalue weighted by molar-refractivity contribution is -0.147. The second-order valence-corrected chi connectivity index (χ2v) is 6.54. The topological polar surface area (TPSA) is 70.5 Å². The Hall–Kier alpha value is -2.69. The fourth-order valence-electron chi connectivity index (χ4n) is 3.04. The van der Waals surface area contributed by atoms with Crippen molar-refractivity contribution in [3.63, 3.8) is 0 Å². The number of aromatic nitrogens is 1. The van der Waals surface area contributed by atoms with Gasteiger partial charge < -0.3 is 10.0 Å². The van der Waals surface area contributed by atoms with Crippen molar-refractivity contribution in [3.8, 4) is 11.3 Å². The van der Waals surface area contributed by atoms with E-state index in [0.717, 1.165) is 11.3 Å². The second kappa shape index (κ2) is 6.07. The van der Waals surface area contributed by atoms with Gasteiger partial charge in [0.2, 0.25) is 0 Å². The first-order valence-corrected chi connectivity index (χ1v) is 7.96. The number of carbonyl (C=O) groups is 2. The van der Waals surface area contributed by atoms with Gasteiger partial charge in [-0.15, -0.1) is 0 Å². The Morgan fingerprint density at radius 3 is 2.46 bits per heavy atom. The summed E-state index contributed by atoms with van der Waals surface area (Å²) in [6, 6.07) is 13.4. The molecule has 1 aromatic heterocycles. The number of hydrogen-bond acceptors (Lipinski definition) is 3. The van der Waals surface area contributed by atoms with E-state index in [1.165, 1.54) is 0 Å². The van der Waals surface area contributed by atoms with Crippen LogP contribution in [-0.4, -0.2) is 40.0 Å². The van der Waals surface area contributed by atoms with Crippen molar-refractivity contribution >= 4 is 11.9 Å². The molecule has 1 aliphatic rings. The minimum Gasteiger partial charge on any atom is -0.481 e. The average Bonchev–Trinajstić information content (AvgIpc) is 2.99. The van der Waals surface area contributed by atoms with Gasteiger partial charge in [0.1, 0.15) is 0 Å². The molecule has 5 nitrogen and oxygen atoms in total. The number of rotatable bonds is 3. The monoisotopic (exact) mass is 324 g/mol. The van der Waals surface area contributed by atoms with Crippen LogP contribution >= 0.6 is 0 Å². The van der Waals surface area contributed by atoms with E-state index in [1.54, 1.807) is 17.9 Å². The number of aryl methyl sites for hydroxylation is 1. The highest BCUT2D eigenvalue weighted by Crippen LogP contribution is 2.31. The van der Waals surface area contributed by atoms with Crippen LogP contribution < -0.4 is 0 Å². The predicted octanol–water partition coefficient (Wildman–Crippen LogP) is 2.99. The van der Waals surface area contributed by atoms with Gasteiger partial charge in [-0.25, -0.2) is 0 Å². The standard InChI is InChI=1S/C19H20N2O3/c1-13-15(8-9-16(20-13)14-6-4-3-5-7-14)17(22)21-11-10-19(2,12-21)18(23)24/h3-9H,10-12H2,1-2H3,(H,23,24). The molecular formula is C19H20N2O3. The third-order valence-corrected chi connectivity index (χ3v) is 4.66. The molecule has 1 N–H and O–H groups in total. The van der Waals surface area contributed by atoms with E-state index in [2.05, 4.69) is 4.98 Å². The van der Waals surface area contributed by atoms with Gasteiger partial charge in [-0.1, -0.05) is 30.3 Å². The number of likely N-dealkylation sites (tertiary alicyclic amines) is 1. The van der Waals surface area contributed by atoms with E-state index >= 15 is 0 Å². The molecule has 24 heavy (non-hydrogen) atoms. The highest BCUT2D eigenvalue weighted by atomic mass is 16.4. The van der Waals surface area contributed by atoms with Crippen LogP contribution in [0, 0.1) is 12.3 Å². The molecule has 0 aliphatic carbocycles. The van der Waals surface area contributed by atoms with Gasteiger partial charge in [0.15, 0.2) is 0 Å². The molecule has 5 heteroatoms. The van der Waals surface area contributed by atoms with Gasteiger partial charge in [-0.2, -0.15) is 0 Å². The molecule has 0 radical (unpaired) electrons. The van der Waals surface area contributed by atoms with Crippen LogP contribution in [0.2, 0.25) is 0 Å². The summed E-state index contributed by atoms with van der Waals surface area (Å²) in [4.78, 5) is 30.2. The average molecular weight is 324 g/mol. The first-order chi connectivity index (χ1) is 11.4. The van der Waals surface area contributed by atoms with Crippen molar-refractivity contribution in [2.24, 2.45) is 5.41 Å². The predicted molar refractivity (Wildman–Crippen MR) is 90.7 cm³/mol. The van der Waals surface area contributed by atoms with Crippen LogP contribution in [0.3, 0.4) is 0 Å². The summed E-state index contributed by atoms with van der Waals surface area (Å²) >= 11 is 0. The van der Waals surface area contributed by atoms with Crippen LogP contribution in [0.1, 0.15) is 29.4 Å². The maximum Gasteiger partial charge on any atom is 0.311 e. The number of hydrogen-bond donors (Lipinski definition) is 1. The number of nitrogens with zero attached hydrogens (tertiary/aromatic N) is 2. The van der Waals surface area contributed by atoms with E-state index in [4.69, 9.17) is 0 Å². The van der Waals surface area contributed by atoms with Gasteiger partial charge in [-0.3, -0.25) is 14.6 Å². The Bertz CT molecular complexity index is 788. The first kappa shape index (κ1) is 16.2. The molecule has 0 bridgehead atoms. The zero-order chi connectivity index (χ0) is 17.3. The molecule has 0 spiro atoms. The zero-order valence-electron chi connectivity index (χ0n) is 13.8. The molecule has 1 fully saturated rings. The van der Waals surface area contributed by atoms with Gasteiger partial charge in [0.05, 0.1) is 22.4 Å². The lowest BCUT2D eigenvalue weighted by Gasteiger charge is -2.21. The minimum atomic E-state index is -0.860. The maximum atomic E-state index is 12.7. The molecule has 2 heterocycles. The molecule has 1 aliphatic heterocycles. The highest BCUT2D eigenvalue weighted by molar-refractivity contribution is 5.96. The largest absolute Gasteiger partial charge is 0.481 e. The third-order valence-electron chi connectivity index (χ3n) is 4.66. The Kier molecular flexibility index (Phi) is 4.09. The summed E-state index contributed by atoms with van der Waals surface area (Å²) in [6.45, 7) is 4.20. The summed E-state index contributed by atoms with van der Waals surface area (Å²) in [5.74, 6) is -1.00. The smallest absolute Gasteiger partial charge is 0.311 e. The van der Waals surface area contributed by atoms with Crippen molar-refractivity contribution in [2.45, 2.75) is 20.3 Å². The summed E-state index contributed by atoms with van der Waals surface area (Å²) in [5.41, 5.74) is 2.15. The van der Waals surface area contributed by atoms with Crippen molar-refractivity contribution < 1.29 is 14.7 Å². The van der Waals surface area contributed by atoms with E-state index in [1.807, 2.05) is 43.3 Å². The first-order valence-electron chi connectivity index (χ1n) is 7.96. The zero-order valence-corrected chi connectivity index (χ0v) is 13.8. The summed E-state index contributed by atoms with van der Waals surface area (Å²) in [7, 11) is 0. The number of aliphatic carboxylic acids is 1. The molecule has 1 aromatic carbocycles. The summed E-state index contributed by atoms with van der Waals surface area (Å²) in [5, 5.41) is 9.31. The fraction of sp³-hybridized carbons (Fsp3) is 0.316. The number of carboxylic acids is 1. The van der Waals surface area contributed by atoms with Gasteiger partial charge in [-0.05, 0) is 32.4 Å². The number of pyridine rings is 1. The quantitative estimate of drug-likeness (QED) is 0.942. The molecule has 2 aromatic rings. The number of amides is 1. The Morgan fingerprint density at radius 2 is 1.88 bits per heavy atom. The number of benzene rings is 1. The summed E-state index contributed by atoms with van der Waals surface area (Å²) < 4.78 is 0. The second-order valence-electron chi connectivity index (χ2n) is 6.54. The molecule has 1 saturated heterocycles. The molecule has 1 atom stereocenters. The Morgan fingerprint density at radius 1 is 1.17 bits per heavy atom. The SMILES string of the molecule is Cc1nc(-c2ccccc2)ccc1C(=O)N1CCC(C)(C(=O)O)C1. The van der Waals surface area contributed by atoms with Crippen molar-refractivity contribution in [1.29, 1.82) is 0 Å². The molecule has 1 unspecified atom stereocenters. The van der Waals surface area contributed by atoms with Gasteiger partial charge in [0.25, 0.3) is 5.91 Å². The minimum absolute atomic E-state index is 0.149. The van der Waals surface area contributed by atoms with Crippen molar-refractivity contribution in [1.82, 2.24) is 9.88 Å². The Balaban J connectivity index is 1.83. The van der Waals surface area contributed by atoms with E-state index in [-0.39, 0.29) is 12.5 Å². The molecule has 1 amide bonds. The van der Waals surface area contributed by atoms with Crippen LogP contribution in [0.5, 0.6) is 0 Å². The maximum absolute atomic E-state index is 12.7. The van der Waals surface area contributed by atoms with Crippen LogP contribution in [0.4, 0.5) is 0 Å². The molecule has 0 saturated carbocycles. The number of carbonyl (C=O) groups excluding carboxylic acids is 1. The van der Waals surface area contributed by atoms with E-state index in [9.17, 15) is 14.7 Å². The van der Waals surface area contributed by atoms with Crippen LogP contribution in [0.15, 0.2) is 42.5 Å². The van der Waals surface area contributed by atoms with E-state index in [0.29, 0.717) is 24.2 Å². The Labute approximate surface area is 140 Å². The molecule has 3 rings (SSSR count). The summed E-state index contributed by atoms with van der Waals surface area (Å²) in [6.07, 6.45) is 0.475. The van der Waals surface area contributed by atoms with Crippen molar-refractivity contribution in [3.05, 3.63) is 53.7 Å². The fourth-order valence-corrected chi connectivity index (χ4v) is 3.04. The van der Waals surface area contributed by atoms with Crippen LogP contribution in [-0.2, 0) is 4.79 Å². The normalized spacial score (nSPS) is 20.2. The number of carboxylic acid groups (broad SMARTS) is 1. The van der Waals surface area contributed by atoms with E-state index < -0.39 is 11.4 Å². The van der Waals surface area contributed by atoms with Crippen LogP contribution in [0.25, 0.3) is 11.3 Å². The third kappa shape index (κ3) is 2.89. The lowest BCUT2D eigenvalue weighted by Crippen LogP contribution is -2.35. The lowest BCUT2D eigenvalue weighted by atomic mass is 9.90. The van der Waals surface area contributed by atoms with Gasteiger partial charge in [0, 0.05) is 18.7 Å². The molecule has 124 valence electrons. The van der Waals surface area contributed by atoms with Gasteiger partial charge >= 0.3 is 5.97 Å². The highest BCUT2D eigenvalue weighted by Gasteiger charge is 2.42.